The smallest absolute Gasteiger partial charge is 0.328 e. The quantitative estimate of drug-likeness (QED) is 0.719. The van der Waals surface area contributed by atoms with Gasteiger partial charge in [0.15, 0.2) is 0 Å². The summed E-state index contributed by atoms with van der Waals surface area (Å²) in [5.41, 5.74) is 0.638. The molecular formula is C10H9FO3. The topological polar surface area (TPSA) is 57.5 Å². The summed E-state index contributed by atoms with van der Waals surface area (Å²) in [6.45, 7) is -0.366. The number of carbonyl (C=O) groups is 1. The van der Waals surface area contributed by atoms with Crippen molar-refractivity contribution in [3.8, 4) is 0 Å². The number of rotatable bonds is 3. The molecule has 0 radical (unpaired) electrons. The van der Waals surface area contributed by atoms with Crippen LogP contribution in [0.5, 0.6) is 0 Å². The van der Waals surface area contributed by atoms with Crippen molar-refractivity contribution in [2.75, 3.05) is 0 Å². The minimum Gasteiger partial charge on any atom is -0.478 e. The summed E-state index contributed by atoms with van der Waals surface area (Å²) < 4.78 is 13.0. The van der Waals surface area contributed by atoms with E-state index in [4.69, 9.17) is 10.2 Å². The van der Waals surface area contributed by atoms with Gasteiger partial charge in [0.1, 0.15) is 5.82 Å². The van der Waals surface area contributed by atoms with Gasteiger partial charge in [-0.1, -0.05) is 12.1 Å². The van der Waals surface area contributed by atoms with E-state index < -0.39 is 11.8 Å². The monoisotopic (exact) mass is 196 g/mol. The van der Waals surface area contributed by atoms with E-state index in [0.29, 0.717) is 5.56 Å². The number of aliphatic hydroxyl groups is 1. The van der Waals surface area contributed by atoms with Crippen molar-refractivity contribution in [1.82, 2.24) is 0 Å². The largest absolute Gasteiger partial charge is 0.478 e. The van der Waals surface area contributed by atoms with Crippen molar-refractivity contribution >= 4 is 12.0 Å². The second-order valence-electron chi connectivity index (χ2n) is 2.68. The van der Waals surface area contributed by atoms with Gasteiger partial charge in [-0.25, -0.2) is 9.18 Å². The third-order valence-corrected chi connectivity index (χ3v) is 1.67. The van der Waals surface area contributed by atoms with Crippen LogP contribution in [0.1, 0.15) is 11.1 Å². The van der Waals surface area contributed by atoms with E-state index in [9.17, 15) is 9.18 Å². The fourth-order valence-corrected chi connectivity index (χ4v) is 0.963. The van der Waals surface area contributed by atoms with Crippen LogP contribution in [0, 0.1) is 5.82 Å². The Balaban J connectivity index is 2.91. The Morgan fingerprint density at radius 1 is 1.50 bits per heavy atom. The molecule has 14 heavy (non-hydrogen) atoms. The first-order valence-corrected chi connectivity index (χ1v) is 3.94. The van der Waals surface area contributed by atoms with Gasteiger partial charge in [0.05, 0.1) is 6.61 Å². The van der Waals surface area contributed by atoms with Crippen LogP contribution in [-0.4, -0.2) is 16.2 Å². The first-order valence-electron chi connectivity index (χ1n) is 3.94. The third kappa shape index (κ3) is 2.67. The Hall–Kier alpha value is -1.68. The van der Waals surface area contributed by atoms with Gasteiger partial charge in [0.25, 0.3) is 0 Å². The molecule has 74 valence electrons. The maximum absolute atomic E-state index is 13.0. The molecule has 0 aromatic heterocycles. The number of benzene rings is 1. The van der Waals surface area contributed by atoms with Crippen molar-refractivity contribution in [3.63, 3.8) is 0 Å². The molecule has 0 heterocycles. The first-order chi connectivity index (χ1) is 6.63. The molecule has 0 atom stereocenters. The minimum absolute atomic E-state index is 0.192. The molecule has 1 aromatic rings. The van der Waals surface area contributed by atoms with Crippen LogP contribution in [0.15, 0.2) is 24.3 Å². The molecule has 0 amide bonds. The zero-order valence-electron chi connectivity index (χ0n) is 7.27. The molecule has 2 N–H and O–H groups in total. The summed E-state index contributed by atoms with van der Waals surface area (Å²) in [5.74, 6) is -1.63. The van der Waals surface area contributed by atoms with Crippen LogP contribution in [0.3, 0.4) is 0 Å². The SMILES string of the molecule is O=C(O)C=Cc1ccc(CO)c(F)c1. The number of hydrogen-bond donors (Lipinski definition) is 2. The fraction of sp³-hybridized carbons (Fsp3) is 0.100. The van der Waals surface area contributed by atoms with E-state index in [0.717, 1.165) is 6.08 Å². The second kappa shape index (κ2) is 4.53. The molecular weight excluding hydrogens is 187 g/mol. The molecule has 0 bridgehead atoms. The molecule has 0 unspecified atom stereocenters. The van der Waals surface area contributed by atoms with Gasteiger partial charge in [-0.05, 0) is 17.7 Å². The second-order valence-corrected chi connectivity index (χ2v) is 2.68. The Morgan fingerprint density at radius 2 is 2.21 bits per heavy atom. The van der Waals surface area contributed by atoms with Gasteiger partial charge in [-0.2, -0.15) is 0 Å². The molecule has 0 saturated heterocycles. The lowest BCUT2D eigenvalue weighted by molar-refractivity contribution is -0.131. The van der Waals surface area contributed by atoms with Crippen molar-refractivity contribution in [1.29, 1.82) is 0 Å². The van der Waals surface area contributed by atoms with E-state index >= 15 is 0 Å². The van der Waals surface area contributed by atoms with E-state index in [2.05, 4.69) is 0 Å². The molecule has 1 rings (SSSR count). The first kappa shape index (κ1) is 10.4. The van der Waals surface area contributed by atoms with Crippen LogP contribution < -0.4 is 0 Å². The van der Waals surface area contributed by atoms with Gasteiger partial charge >= 0.3 is 5.97 Å². The predicted octanol–water partition coefficient (Wildman–Crippen LogP) is 1.42. The van der Waals surface area contributed by atoms with E-state index in [1.165, 1.54) is 24.3 Å². The van der Waals surface area contributed by atoms with Crippen molar-refractivity contribution in [2.45, 2.75) is 6.61 Å². The highest BCUT2D eigenvalue weighted by molar-refractivity contribution is 5.85. The van der Waals surface area contributed by atoms with Gasteiger partial charge < -0.3 is 10.2 Å². The normalized spacial score (nSPS) is 10.7. The highest BCUT2D eigenvalue weighted by Crippen LogP contribution is 2.11. The van der Waals surface area contributed by atoms with Crippen LogP contribution in [0.4, 0.5) is 4.39 Å². The Labute approximate surface area is 80.1 Å². The number of halogens is 1. The van der Waals surface area contributed by atoms with Gasteiger partial charge in [0.2, 0.25) is 0 Å². The Kier molecular flexibility index (Phi) is 3.36. The third-order valence-electron chi connectivity index (χ3n) is 1.67. The molecule has 0 aliphatic carbocycles. The average molecular weight is 196 g/mol. The minimum atomic E-state index is -1.09. The van der Waals surface area contributed by atoms with Crippen LogP contribution in [-0.2, 0) is 11.4 Å². The van der Waals surface area contributed by atoms with E-state index in [1.807, 2.05) is 0 Å². The van der Waals surface area contributed by atoms with Gasteiger partial charge in [0, 0.05) is 11.6 Å². The van der Waals surface area contributed by atoms with Gasteiger partial charge in [-0.15, -0.1) is 0 Å². The standard InChI is InChI=1S/C10H9FO3/c11-9-5-7(2-4-10(13)14)1-3-8(9)6-12/h1-5,12H,6H2,(H,13,14). The summed E-state index contributed by atoms with van der Waals surface area (Å²) in [6, 6.07) is 4.12. The van der Waals surface area contributed by atoms with Crippen molar-refractivity contribution < 1.29 is 19.4 Å². The Morgan fingerprint density at radius 3 is 2.71 bits per heavy atom. The molecule has 4 heteroatoms. The van der Waals surface area contributed by atoms with Crippen molar-refractivity contribution in [2.24, 2.45) is 0 Å². The zero-order valence-corrected chi connectivity index (χ0v) is 7.27. The maximum atomic E-state index is 13.0. The molecule has 0 aliphatic heterocycles. The summed E-state index contributed by atoms with van der Waals surface area (Å²) >= 11 is 0. The number of hydrogen-bond acceptors (Lipinski definition) is 2. The summed E-state index contributed by atoms with van der Waals surface area (Å²) in [7, 11) is 0. The van der Waals surface area contributed by atoms with Crippen LogP contribution in [0.25, 0.3) is 6.08 Å². The lowest BCUT2D eigenvalue weighted by Crippen LogP contribution is -1.90. The lowest BCUT2D eigenvalue weighted by atomic mass is 10.1. The highest BCUT2D eigenvalue weighted by atomic mass is 19.1. The number of aliphatic hydroxyl groups excluding tert-OH is 1. The zero-order chi connectivity index (χ0) is 10.6. The summed E-state index contributed by atoms with van der Waals surface area (Å²) in [5, 5.41) is 17.0. The summed E-state index contributed by atoms with van der Waals surface area (Å²) in [6.07, 6.45) is 2.21. The average Bonchev–Trinajstić information content (AvgIpc) is 2.15. The molecule has 0 saturated carbocycles. The van der Waals surface area contributed by atoms with Crippen molar-refractivity contribution in [3.05, 3.63) is 41.2 Å². The number of carboxylic acids is 1. The lowest BCUT2D eigenvalue weighted by Gasteiger charge is -1.99. The van der Waals surface area contributed by atoms with Crippen LogP contribution in [0.2, 0.25) is 0 Å². The molecule has 3 nitrogen and oxygen atoms in total. The molecule has 0 aliphatic rings. The predicted molar refractivity (Wildman–Crippen MR) is 49.0 cm³/mol. The van der Waals surface area contributed by atoms with Crippen LogP contribution >= 0.6 is 0 Å². The van der Waals surface area contributed by atoms with Gasteiger partial charge in [-0.3, -0.25) is 0 Å². The molecule has 1 aromatic carbocycles. The van der Waals surface area contributed by atoms with E-state index in [1.54, 1.807) is 0 Å². The van der Waals surface area contributed by atoms with E-state index in [-0.39, 0.29) is 12.2 Å². The fourth-order valence-electron chi connectivity index (χ4n) is 0.963. The number of carboxylic acid groups (broad SMARTS) is 1. The molecule has 0 spiro atoms. The molecule has 0 fully saturated rings. The Bertz CT molecular complexity index is 372. The maximum Gasteiger partial charge on any atom is 0.328 e. The summed E-state index contributed by atoms with van der Waals surface area (Å²) in [4.78, 5) is 10.2. The highest BCUT2D eigenvalue weighted by Gasteiger charge is 2.00. The number of aliphatic carboxylic acids is 1.